The lowest BCUT2D eigenvalue weighted by atomic mass is 10.2. The molecule has 110 valence electrons. The SMILES string of the molecule is CC(C)COCCCNS(=O)(=O)N(C)CCCN. The van der Waals surface area contributed by atoms with Gasteiger partial charge in [-0.15, -0.1) is 0 Å². The molecule has 6 nitrogen and oxygen atoms in total. The highest BCUT2D eigenvalue weighted by molar-refractivity contribution is 7.87. The second-order valence-corrected chi connectivity index (χ2v) is 6.55. The molecule has 0 aliphatic carbocycles. The summed E-state index contributed by atoms with van der Waals surface area (Å²) >= 11 is 0. The van der Waals surface area contributed by atoms with Crippen molar-refractivity contribution in [2.24, 2.45) is 11.7 Å². The van der Waals surface area contributed by atoms with E-state index in [2.05, 4.69) is 18.6 Å². The first kappa shape index (κ1) is 17.8. The second kappa shape index (κ2) is 9.69. The minimum atomic E-state index is -3.36. The van der Waals surface area contributed by atoms with Crippen molar-refractivity contribution in [1.29, 1.82) is 0 Å². The zero-order valence-corrected chi connectivity index (χ0v) is 12.5. The van der Waals surface area contributed by atoms with Gasteiger partial charge in [-0.1, -0.05) is 13.8 Å². The van der Waals surface area contributed by atoms with E-state index in [0.717, 1.165) is 0 Å². The summed E-state index contributed by atoms with van der Waals surface area (Å²) in [5, 5.41) is 0. The summed E-state index contributed by atoms with van der Waals surface area (Å²) in [7, 11) is -1.81. The highest BCUT2D eigenvalue weighted by Gasteiger charge is 2.15. The van der Waals surface area contributed by atoms with Crippen LogP contribution in [0.4, 0.5) is 0 Å². The van der Waals surface area contributed by atoms with Crippen LogP contribution in [0.5, 0.6) is 0 Å². The van der Waals surface area contributed by atoms with Crippen LogP contribution < -0.4 is 10.5 Å². The molecule has 0 spiro atoms. The Hall–Kier alpha value is -0.210. The average Bonchev–Trinajstić information content (AvgIpc) is 2.30. The normalized spacial score (nSPS) is 12.6. The largest absolute Gasteiger partial charge is 0.381 e. The number of hydrogen-bond acceptors (Lipinski definition) is 4. The molecule has 0 radical (unpaired) electrons. The van der Waals surface area contributed by atoms with Crippen LogP contribution in [0, 0.1) is 5.92 Å². The molecule has 0 heterocycles. The number of nitrogens with one attached hydrogen (secondary N) is 1. The summed E-state index contributed by atoms with van der Waals surface area (Å²) in [6.45, 7) is 6.77. The van der Waals surface area contributed by atoms with Crippen LogP contribution in [-0.4, -0.2) is 52.6 Å². The highest BCUT2D eigenvalue weighted by Crippen LogP contribution is 1.96. The van der Waals surface area contributed by atoms with Gasteiger partial charge in [0, 0.05) is 33.4 Å². The molecule has 0 atom stereocenters. The Morgan fingerprint density at radius 3 is 2.56 bits per heavy atom. The van der Waals surface area contributed by atoms with Crippen molar-refractivity contribution in [1.82, 2.24) is 9.03 Å². The summed E-state index contributed by atoms with van der Waals surface area (Å²) in [6, 6.07) is 0. The van der Waals surface area contributed by atoms with Crippen molar-refractivity contribution in [3.05, 3.63) is 0 Å². The average molecular weight is 281 g/mol. The third-order valence-corrected chi connectivity index (χ3v) is 3.86. The zero-order chi connectivity index (χ0) is 14.0. The minimum Gasteiger partial charge on any atom is -0.381 e. The van der Waals surface area contributed by atoms with Gasteiger partial charge in [0.2, 0.25) is 0 Å². The van der Waals surface area contributed by atoms with E-state index in [1.54, 1.807) is 7.05 Å². The summed E-state index contributed by atoms with van der Waals surface area (Å²) in [6.07, 6.45) is 1.34. The first-order chi connectivity index (χ1) is 8.40. The molecule has 18 heavy (non-hydrogen) atoms. The molecule has 0 saturated carbocycles. The third kappa shape index (κ3) is 8.82. The first-order valence-electron chi connectivity index (χ1n) is 6.39. The molecule has 0 saturated heterocycles. The lowest BCUT2D eigenvalue weighted by Gasteiger charge is -2.17. The van der Waals surface area contributed by atoms with E-state index in [1.165, 1.54) is 4.31 Å². The van der Waals surface area contributed by atoms with Crippen LogP contribution in [0.2, 0.25) is 0 Å². The highest BCUT2D eigenvalue weighted by atomic mass is 32.2. The molecule has 0 unspecified atom stereocenters. The molecular weight excluding hydrogens is 254 g/mol. The fraction of sp³-hybridized carbons (Fsp3) is 1.00. The second-order valence-electron chi connectivity index (χ2n) is 4.69. The van der Waals surface area contributed by atoms with Gasteiger partial charge < -0.3 is 10.5 Å². The zero-order valence-electron chi connectivity index (χ0n) is 11.7. The van der Waals surface area contributed by atoms with E-state index < -0.39 is 10.2 Å². The minimum absolute atomic E-state index is 0.396. The predicted octanol–water partition coefficient (Wildman–Crippen LogP) is 0.164. The van der Waals surface area contributed by atoms with Gasteiger partial charge in [0.15, 0.2) is 0 Å². The number of nitrogens with two attached hydrogens (primary N) is 1. The lowest BCUT2D eigenvalue weighted by molar-refractivity contribution is 0.108. The summed E-state index contributed by atoms with van der Waals surface area (Å²) in [5.74, 6) is 0.504. The van der Waals surface area contributed by atoms with Gasteiger partial charge in [-0.2, -0.15) is 12.7 Å². The third-order valence-electron chi connectivity index (χ3n) is 2.29. The van der Waals surface area contributed by atoms with E-state index in [9.17, 15) is 8.42 Å². The molecule has 0 amide bonds. The van der Waals surface area contributed by atoms with Crippen LogP contribution in [0.1, 0.15) is 26.7 Å². The van der Waals surface area contributed by atoms with E-state index in [1.807, 2.05) is 0 Å². The standard InChI is InChI=1S/C11H27N3O3S/c1-11(2)10-17-9-5-7-13-18(15,16)14(3)8-4-6-12/h11,13H,4-10,12H2,1-3H3. The molecule has 0 aromatic heterocycles. The van der Waals surface area contributed by atoms with Crippen LogP contribution in [-0.2, 0) is 14.9 Å². The van der Waals surface area contributed by atoms with Gasteiger partial charge in [-0.3, -0.25) is 0 Å². The molecule has 0 aliphatic rings. The van der Waals surface area contributed by atoms with Gasteiger partial charge in [0.25, 0.3) is 10.2 Å². The van der Waals surface area contributed by atoms with Crippen molar-refractivity contribution < 1.29 is 13.2 Å². The van der Waals surface area contributed by atoms with Gasteiger partial charge in [0.05, 0.1) is 0 Å². The number of nitrogens with zero attached hydrogens (tertiary/aromatic N) is 1. The Bertz CT molecular complexity index is 294. The van der Waals surface area contributed by atoms with Crippen LogP contribution >= 0.6 is 0 Å². The number of hydrogen-bond donors (Lipinski definition) is 2. The van der Waals surface area contributed by atoms with E-state index in [-0.39, 0.29) is 0 Å². The molecule has 0 aromatic rings. The predicted molar refractivity (Wildman–Crippen MR) is 73.5 cm³/mol. The van der Waals surface area contributed by atoms with E-state index in [4.69, 9.17) is 10.5 Å². The summed E-state index contributed by atoms with van der Waals surface area (Å²) in [5.41, 5.74) is 5.34. The van der Waals surface area contributed by atoms with Crippen molar-refractivity contribution in [2.45, 2.75) is 26.7 Å². The maximum absolute atomic E-state index is 11.7. The van der Waals surface area contributed by atoms with Crippen molar-refractivity contribution in [3.63, 3.8) is 0 Å². The molecular formula is C11H27N3O3S. The summed E-state index contributed by atoms with van der Waals surface area (Å²) < 4.78 is 32.6. The summed E-state index contributed by atoms with van der Waals surface area (Å²) in [4.78, 5) is 0. The van der Waals surface area contributed by atoms with Gasteiger partial charge in [-0.25, -0.2) is 4.72 Å². The lowest BCUT2D eigenvalue weighted by Crippen LogP contribution is -2.39. The van der Waals surface area contributed by atoms with Crippen LogP contribution in [0.3, 0.4) is 0 Å². The number of ether oxygens (including phenoxy) is 1. The van der Waals surface area contributed by atoms with Gasteiger partial charge in [-0.05, 0) is 25.3 Å². The molecule has 0 rings (SSSR count). The Kier molecular flexibility index (Phi) is 9.57. The molecule has 0 aromatic carbocycles. The molecule has 7 heteroatoms. The molecule has 0 aliphatic heterocycles. The van der Waals surface area contributed by atoms with Crippen molar-refractivity contribution in [2.75, 3.05) is 39.9 Å². The monoisotopic (exact) mass is 281 g/mol. The maximum Gasteiger partial charge on any atom is 0.279 e. The van der Waals surface area contributed by atoms with Crippen molar-refractivity contribution in [3.8, 4) is 0 Å². The first-order valence-corrected chi connectivity index (χ1v) is 7.83. The van der Waals surface area contributed by atoms with E-state index in [0.29, 0.717) is 51.6 Å². The smallest absolute Gasteiger partial charge is 0.279 e. The topological polar surface area (TPSA) is 84.7 Å². The number of rotatable bonds is 11. The Morgan fingerprint density at radius 1 is 1.33 bits per heavy atom. The Balaban J connectivity index is 3.70. The molecule has 3 N–H and O–H groups in total. The van der Waals surface area contributed by atoms with Crippen molar-refractivity contribution >= 4 is 10.2 Å². The fourth-order valence-electron chi connectivity index (χ4n) is 1.24. The van der Waals surface area contributed by atoms with Gasteiger partial charge in [0.1, 0.15) is 0 Å². The van der Waals surface area contributed by atoms with Crippen LogP contribution in [0.15, 0.2) is 0 Å². The van der Waals surface area contributed by atoms with E-state index >= 15 is 0 Å². The quantitative estimate of drug-likeness (QED) is 0.529. The molecule has 0 fully saturated rings. The van der Waals surface area contributed by atoms with Gasteiger partial charge >= 0.3 is 0 Å². The Labute approximate surface area is 111 Å². The fourth-order valence-corrected chi connectivity index (χ4v) is 2.23. The molecule has 0 bridgehead atoms. The maximum atomic E-state index is 11.7. The Morgan fingerprint density at radius 2 is 2.00 bits per heavy atom. The van der Waals surface area contributed by atoms with Crippen LogP contribution in [0.25, 0.3) is 0 Å².